The number of hydrogen-bond acceptors (Lipinski definition) is 2. The number of hydrogen-bond donors (Lipinski definition) is 1. The fourth-order valence-electron chi connectivity index (χ4n) is 2.96. The van der Waals surface area contributed by atoms with Gasteiger partial charge in [-0.1, -0.05) is 36.4 Å². The number of anilines is 1. The van der Waals surface area contributed by atoms with Crippen molar-refractivity contribution in [2.45, 2.75) is 6.18 Å². The highest BCUT2D eigenvalue weighted by atomic mass is 19.4. The Morgan fingerprint density at radius 2 is 1.69 bits per heavy atom. The van der Waals surface area contributed by atoms with Gasteiger partial charge in [-0.3, -0.25) is 9.20 Å². The maximum absolute atomic E-state index is 14.2. The van der Waals surface area contributed by atoms with Crippen LogP contribution >= 0.6 is 0 Å². The third-order valence-corrected chi connectivity index (χ3v) is 4.35. The molecule has 0 aliphatic heterocycles. The van der Waals surface area contributed by atoms with Crippen LogP contribution in [0.2, 0.25) is 0 Å². The number of carbonyl (C=O) groups is 1. The van der Waals surface area contributed by atoms with E-state index in [-0.39, 0.29) is 5.82 Å². The fourth-order valence-corrected chi connectivity index (χ4v) is 2.96. The average Bonchev–Trinajstić information content (AvgIpc) is 3.06. The summed E-state index contributed by atoms with van der Waals surface area (Å²) in [5.74, 6) is -1.84. The number of alkyl halides is 3. The molecular weight excluding hydrogens is 386 g/mol. The quantitative estimate of drug-likeness (QED) is 0.468. The number of nitrogens with zero attached hydrogens (tertiary/aromatic N) is 2. The second-order valence-corrected chi connectivity index (χ2v) is 6.25. The molecule has 0 aliphatic rings. The third-order valence-electron chi connectivity index (χ3n) is 4.35. The number of nitrogens with one attached hydrogen (secondary N) is 1. The van der Waals surface area contributed by atoms with Crippen LogP contribution in [0.25, 0.3) is 16.9 Å². The summed E-state index contributed by atoms with van der Waals surface area (Å²) in [6.07, 6.45) is -3.02. The summed E-state index contributed by atoms with van der Waals surface area (Å²) >= 11 is 0. The minimum Gasteiger partial charge on any atom is -0.306 e. The van der Waals surface area contributed by atoms with Gasteiger partial charge in [0.1, 0.15) is 23.0 Å². The highest BCUT2D eigenvalue weighted by Crippen LogP contribution is 2.31. The smallest absolute Gasteiger partial charge is 0.306 e. The monoisotopic (exact) mass is 399 g/mol. The van der Waals surface area contributed by atoms with E-state index in [1.54, 1.807) is 53.1 Å². The van der Waals surface area contributed by atoms with Gasteiger partial charge in [0.15, 0.2) is 0 Å². The van der Waals surface area contributed by atoms with Crippen LogP contribution in [0, 0.1) is 5.82 Å². The molecule has 146 valence electrons. The van der Waals surface area contributed by atoms with Crippen LogP contribution in [0.1, 0.15) is 15.9 Å². The van der Waals surface area contributed by atoms with Crippen LogP contribution < -0.4 is 5.32 Å². The number of benzene rings is 2. The number of aromatic nitrogens is 2. The van der Waals surface area contributed by atoms with Gasteiger partial charge < -0.3 is 5.32 Å². The van der Waals surface area contributed by atoms with E-state index in [0.717, 1.165) is 11.6 Å². The number of fused-ring (bicyclic) bond motifs is 1. The highest BCUT2D eigenvalue weighted by molar-refractivity contribution is 6.06. The van der Waals surface area contributed by atoms with Gasteiger partial charge in [-0.2, -0.15) is 13.2 Å². The van der Waals surface area contributed by atoms with Crippen molar-refractivity contribution in [3.05, 3.63) is 89.9 Å². The largest absolute Gasteiger partial charge is 0.416 e. The van der Waals surface area contributed by atoms with Gasteiger partial charge in [-0.25, -0.2) is 9.37 Å². The van der Waals surface area contributed by atoms with Gasteiger partial charge >= 0.3 is 6.18 Å². The number of pyridine rings is 1. The average molecular weight is 399 g/mol. The lowest BCUT2D eigenvalue weighted by Gasteiger charge is -2.11. The predicted octanol–water partition coefficient (Wildman–Crippen LogP) is 5.41. The molecule has 4 rings (SSSR count). The normalized spacial score (nSPS) is 11.6. The van der Waals surface area contributed by atoms with E-state index in [1.807, 2.05) is 6.07 Å². The molecule has 1 N–H and O–H groups in total. The van der Waals surface area contributed by atoms with Crippen LogP contribution in [0.15, 0.2) is 72.9 Å². The van der Waals surface area contributed by atoms with Gasteiger partial charge in [-0.05, 0) is 30.3 Å². The van der Waals surface area contributed by atoms with Crippen LogP contribution in [-0.4, -0.2) is 15.3 Å². The van der Waals surface area contributed by atoms with Crippen LogP contribution in [0.5, 0.6) is 0 Å². The molecule has 2 aromatic heterocycles. The summed E-state index contributed by atoms with van der Waals surface area (Å²) in [5.41, 5.74) is 0.0700. The van der Waals surface area contributed by atoms with E-state index in [1.165, 1.54) is 0 Å². The molecule has 29 heavy (non-hydrogen) atoms. The van der Waals surface area contributed by atoms with Crippen molar-refractivity contribution in [2.24, 2.45) is 0 Å². The first-order valence-corrected chi connectivity index (χ1v) is 8.55. The molecule has 0 spiro atoms. The van der Waals surface area contributed by atoms with Crippen molar-refractivity contribution in [3.8, 4) is 11.3 Å². The van der Waals surface area contributed by atoms with E-state index < -0.39 is 29.0 Å². The number of imidazole rings is 1. The molecule has 4 aromatic rings. The lowest BCUT2D eigenvalue weighted by molar-refractivity contribution is -0.137. The highest BCUT2D eigenvalue weighted by Gasteiger charge is 2.32. The lowest BCUT2D eigenvalue weighted by Crippen LogP contribution is -2.16. The van der Waals surface area contributed by atoms with Crippen molar-refractivity contribution >= 4 is 17.4 Å². The number of rotatable bonds is 3. The zero-order chi connectivity index (χ0) is 20.6. The molecule has 0 bridgehead atoms. The van der Waals surface area contributed by atoms with Gasteiger partial charge in [0.2, 0.25) is 0 Å². The molecule has 0 saturated heterocycles. The van der Waals surface area contributed by atoms with Gasteiger partial charge in [0.25, 0.3) is 5.91 Å². The van der Waals surface area contributed by atoms with Gasteiger partial charge in [0, 0.05) is 11.8 Å². The molecular formula is C21H13F4N3O. The Morgan fingerprint density at radius 3 is 2.38 bits per heavy atom. The van der Waals surface area contributed by atoms with Gasteiger partial charge in [-0.15, -0.1) is 0 Å². The summed E-state index contributed by atoms with van der Waals surface area (Å²) in [5, 5.41) is 2.59. The molecule has 0 atom stereocenters. The zero-order valence-corrected chi connectivity index (χ0v) is 14.7. The zero-order valence-electron chi connectivity index (χ0n) is 14.7. The van der Waals surface area contributed by atoms with E-state index >= 15 is 0 Å². The van der Waals surface area contributed by atoms with E-state index in [9.17, 15) is 22.4 Å². The van der Waals surface area contributed by atoms with E-state index in [0.29, 0.717) is 23.5 Å². The van der Waals surface area contributed by atoms with Crippen LogP contribution in [0.3, 0.4) is 0 Å². The van der Waals surface area contributed by atoms with Crippen molar-refractivity contribution < 1.29 is 22.4 Å². The third kappa shape index (κ3) is 3.56. The topological polar surface area (TPSA) is 46.4 Å². The fraction of sp³-hybridized carbons (Fsp3) is 0.0476. The minimum atomic E-state index is -4.70. The Morgan fingerprint density at radius 1 is 0.966 bits per heavy atom. The Kier molecular flexibility index (Phi) is 4.54. The van der Waals surface area contributed by atoms with Crippen molar-refractivity contribution in [2.75, 3.05) is 5.32 Å². The van der Waals surface area contributed by atoms with E-state index in [4.69, 9.17) is 0 Å². The van der Waals surface area contributed by atoms with E-state index in [2.05, 4.69) is 10.3 Å². The summed E-state index contributed by atoms with van der Waals surface area (Å²) < 4.78 is 54.1. The molecule has 0 fully saturated rings. The molecule has 8 heteroatoms. The molecule has 0 unspecified atom stereocenters. The molecule has 0 radical (unpaired) electrons. The predicted molar refractivity (Wildman–Crippen MR) is 100.0 cm³/mol. The molecule has 0 saturated carbocycles. The first-order valence-electron chi connectivity index (χ1n) is 8.55. The first-order chi connectivity index (χ1) is 13.8. The van der Waals surface area contributed by atoms with Gasteiger partial charge in [0.05, 0.1) is 11.1 Å². The molecule has 1 amide bonds. The summed E-state index contributed by atoms with van der Waals surface area (Å²) in [6.45, 7) is 0. The summed E-state index contributed by atoms with van der Waals surface area (Å²) in [6, 6.07) is 16.1. The maximum atomic E-state index is 14.2. The maximum Gasteiger partial charge on any atom is 0.416 e. The molecule has 0 aliphatic carbocycles. The van der Waals surface area contributed by atoms with Crippen molar-refractivity contribution in [1.29, 1.82) is 0 Å². The Bertz CT molecular complexity index is 1200. The standard InChI is InChI=1S/C21H13F4N3O/c22-16-12-14(21(23,24)25)9-10-15(16)20(29)27-19-18(13-6-2-1-3-7-13)26-17-8-4-5-11-28(17)19/h1-12H,(H,27,29). The Hall–Kier alpha value is -3.68. The molecule has 4 nitrogen and oxygen atoms in total. The molecule has 2 aromatic carbocycles. The number of carbonyl (C=O) groups excluding carboxylic acids is 1. The lowest BCUT2D eigenvalue weighted by atomic mass is 10.1. The SMILES string of the molecule is O=C(Nc1c(-c2ccccc2)nc2ccccn12)c1ccc(C(F)(F)F)cc1F. The Balaban J connectivity index is 1.76. The van der Waals surface area contributed by atoms with Crippen LogP contribution in [0.4, 0.5) is 23.4 Å². The number of halogens is 4. The second-order valence-electron chi connectivity index (χ2n) is 6.25. The van der Waals surface area contributed by atoms with Crippen molar-refractivity contribution in [3.63, 3.8) is 0 Å². The molecule has 2 heterocycles. The first kappa shape index (κ1) is 18.7. The van der Waals surface area contributed by atoms with Crippen molar-refractivity contribution in [1.82, 2.24) is 9.38 Å². The minimum absolute atomic E-state index is 0.288. The summed E-state index contributed by atoms with van der Waals surface area (Å²) in [7, 11) is 0. The Labute approximate surface area is 162 Å². The number of amides is 1. The van der Waals surface area contributed by atoms with Crippen LogP contribution in [-0.2, 0) is 6.18 Å². The second kappa shape index (κ2) is 7.05. The summed E-state index contributed by atoms with van der Waals surface area (Å²) in [4.78, 5) is 17.2.